The van der Waals surface area contributed by atoms with Gasteiger partial charge in [-0.15, -0.1) is 10.2 Å². The van der Waals surface area contributed by atoms with Crippen molar-refractivity contribution in [2.45, 2.75) is 25.9 Å². The molecule has 0 aliphatic carbocycles. The van der Waals surface area contributed by atoms with Gasteiger partial charge in [-0.2, -0.15) is 0 Å². The number of pyridine rings is 1. The van der Waals surface area contributed by atoms with E-state index in [2.05, 4.69) is 25.8 Å². The molecule has 1 atom stereocenters. The van der Waals surface area contributed by atoms with E-state index in [1.54, 1.807) is 17.9 Å². The molecule has 0 aliphatic rings. The minimum absolute atomic E-state index is 0.0327. The normalized spacial score (nSPS) is 12.2. The molecule has 0 radical (unpaired) electrons. The maximum Gasteiger partial charge on any atom is 0.274 e. The Labute approximate surface area is 207 Å². The molecule has 3 N–H and O–H groups in total. The Morgan fingerprint density at radius 2 is 1.92 bits per heavy atom. The van der Waals surface area contributed by atoms with Crippen molar-refractivity contribution in [2.24, 2.45) is 7.05 Å². The standard InChI is InChI=1S/C26H27N7O3/c1-16(2)33-23-11-18(9-10-19(23)26(35)32(33)3)29-24-12-21(20(13-27-24)25-31-28-15-36-25)30-22(14-34)17-7-5-4-6-8-17/h4-13,15-16,22,34H,14H2,1-3H3,(H2,27,29,30)/t22-/m1/s1. The first kappa shape index (κ1) is 23.3. The van der Waals surface area contributed by atoms with Crippen molar-refractivity contribution in [1.29, 1.82) is 0 Å². The number of aliphatic hydroxyl groups is 1. The molecule has 0 bridgehead atoms. The van der Waals surface area contributed by atoms with E-state index in [4.69, 9.17) is 4.42 Å². The Morgan fingerprint density at radius 3 is 2.61 bits per heavy atom. The van der Waals surface area contributed by atoms with E-state index in [-0.39, 0.29) is 24.2 Å². The highest BCUT2D eigenvalue weighted by Gasteiger charge is 2.18. The molecule has 0 unspecified atom stereocenters. The molecule has 0 saturated heterocycles. The molecule has 3 heterocycles. The van der Waals surface area contributed by atoms with Crippen molar-refractivity contribution < 1.29 is 9.52 Å². The van der Waals surface area contributed by atoms with E-state index in [0.29, 0.717) is 28.3 Å². The molecule has 10 nitrogen and oxygen atoms in total. The molecule has 2 aromatic carbocycles. The van der Waals surface area contributed by atoms with Crippen LogP contribution < -0.4 is 16.2 Å². The third kappa shape index (κ3) is 4.34. The van der Waals surface area contributed by atoms with Gasteiger partial charge in [0.2, 0.25) is 6.39 Å². The van der Waals surface area contributed by atoms with Gasteiger partial charge in [-0.3, -0.25) is 14.2 Å². The van der Waals surface area contributed by atoms with Gasteiger partial charge in [0.05, 0.1) is 34.8 Å². The zero-order valence-electron chi connectivity index (χ0n) is 20.2. The summed E-state index contributed by atoms with van der Waals surface area (Å²) in [5.74, 6) is 0.882. The molecule has 36 heavy (non-hydrogen) atoms. The summed E-state index contributed by atoms with van der Waals surface area (Å²) < 4.78 is 9.02. The Balaban J connectivity index is 1.52. The SMILES string of the molecule is CC(C)n1c2cc(Nc3cc(N[C@H](CO)c4ccccc4)c(-c4nnco4)cn3)ccc2c(=O)n1C. The minimum atomic E-state index is -0.357. The van der Waals surface area contributed by atoms with E-state index in [1.165, 1.54) is 6.39 Å². The molecule has 3 aromatic heterocycles. The molecule has 0 aliphatic heterocycles. The number of hydrogen-bond donors (Lipinski definition) is 3. The zero-order chi connectivity index (χ0) is 25.2. The molecule has 5 rings (SSSR count). The quantitative estimate of drug-likeness (QED) is 0.298. The smallest absolute Gasteiger partial charge is 0.274 e. The van der Waals surface area contributed by atoms with Gasteiger partial charge in [0.15, 0.2) is 0 Å². The number of rotatable bonds is 8. The van der Waals surface area contributed by atoms with E-state index in [9.17, 15) is 9.90 Å². The summed E-state index contributed by atoms with van der Waals surface area (Å²) in [6, 6.07) is 16.9. The highest BCUT2D eigenvalue weighted by Crippen LogP contribution is 2.32. The molecule has 5 aromatic rings. The van der Waals surface area contributed by atoms with Crippen LogP contribution >= 0.6 is 0 Å². The van der Waals surface area contributed by atoms with Crippen molar-refractivity contribution in [1.82, 2.24) is 24.5 Å². The summed E-state index contributed by atoms with van der Waals surface area (Å²) in [6.07, 6.45) is 2.90. The average molecular weight is 486 g/mol. The maximum atomic E-state index is 12.6. The fourth-order valence-corrected chi connectivity index (χ4v) is 4.40. The van der Waals surface area contributed by atoms with Crippen molar-refractivity contribution in [3.05, 3.63) is 83.1 Å². The lowest BCUT2D eigenvalue weighted by Crippen LogP contribution is -2.20. The monoisotopic (exact) mass is 485 g/mol. The molecular weight excluding hydrogens is 458 g/mol. The number of anilines is 3. The highest BCUT2D eigenvalue weighted by atomic mass is 16.4. The summed E-state index contributed by atoms with van der Waals surface area (Å²) in [5, 5.41) is 25.3. The maximum absolute atomic E-state index is 12.6. The van der Waals surface area contributed by atoms with E-state index < -0.39 is 0 Å². The number of fused-ring (bicyclic) bond motifs is 1. The molecule has 10 heteroatoms. The number of aliphatic hydroxyl groups excluding tert-OH is 1. The molecule has 0 spiro atoms. The topological polar surface area (TPSA) is 123 Å². The minimum Gasteiger partial charge on any atom is -0.423 e. The van der Waals surface area contributed by atoms with E-state index in [1.807, 2.05) is 73.1 Å². The second kappa shape index (κ2) is 9.67. The molecule has 0 fully saturated rings. The Bertz CT molecular complexity index is 1540. The first-order valence-electron chi connectivity index (χ1n) is 11.6. The number of nitrogens with one attached hydrogen (secondary N) is 2. The second-order valence-corrected chi connectivity index (χ2v) is 8.77. The van der Waals surface area contributed by atoms with Crippen molar-refractivity contribution in [2.75, 3.05) is 17.2 Å². The van der Waals surface area contributed by atoms with E-state index in [0.717, 1.165) is 16.8 Å². The van der Waals surface area contributed by atoms with Crippen LogP contribution in [0.25, 0.3) is 22.4 Å². The van der Waals surface area contributed by atoms with Crippen LogP contribution in [0.3, 0.4) is 0 Å². The predicted octanol–water partition coefficient (Wildman–Crippen LogP) is 4.26. The number of aromatic nitrogens is 5. The highest BCUT2D eigenvalue weighted by molar-refractivity contribution is 5.84. The van der Waals surface area contributed by atoms with Crippen molar-refractivity contribution >= 4 is 28.1 Å². The molecular formula is C26H27N7O3. The van der Waals surface area contributed by atoms with E-state index >= 15 is 0 Å². The van der Waals surface area contributed by atoms with Crippen LogP contribution in [-0.2, 0) is 7.05 Å². The Hall–Kier alpha value is -4.44. The first-order chi connectivity index (χ1) is 17.5. The van der Waals surface area contributed by atoms with Gasteiger partial charge in [-0.1, -0.05) is 30.3 Å². The second-order valence-electron chi connectivity index (χ2n) is 8.77. The van der Waals surface area contributed by atoms with Gasteiger partial charge < -0.3 is 20.2 Å². The summed E-state index contributed by atoms with van der Waals surface area (Å²) >= 11 is 0. The third-order valence-corrected chi connectivity index (χ3v) is 6.06. The van der Waals surface area contributed by atoms with Crippen LogP contribution in [0.15, 0.2) is 76.4 Å². The number of nitrogens with zero attached hydrogens (tertiary/aromatic N) is 5. The van der Waals surface area contributed by atoms with Crippen LogP contribution in [0.1, 0.15) is 31.5 Å². The van der Waals surface area contributed by atoms with Crippen LogP contribution in [0.4, 0.5) is 17.2 Å². The Morgan fingerprint density at radius 1 is 1.11 bits per heavy atom. The van der Waals surface area contributed by atoms with Gasteiger partial charge in [0.25, 0.3) is 11.4 Å². The van der Waals surface area contributed by atoms with Crippen LogP contribution in [0, 0.1) is 0 Å². The molecule has 184 valence electrons. The van der Waals surface area contributed by atoms with Crippen LogP contribution in [0.2, 0.25) is 0 Å². The summed E-state index contributed by atoms with van der Waals surface area (Å²) in [6.45, 7) is 3.97. The summed E-state index contributed by atoms with van der Waals surface area (Å²) in [7, 11) is 1.77. The number of benzene rings is 2. The first-order valence-corrected chi connectivity index (χ1v) is 11.6. The van der Waals surface area contributed by atoms with Crippen molar-refractivity contribution in [3.8, 4) is 11.5 Å². The molecule has 0 saturated carbocycles. The lowest BCUT2D eigenvalue weighted by atomic mass is 10.1. The lowest BCUT2D eigenvalue weighted by molar-refractivity contribution is 0.276. The van der Waals surface area contributed by atoms with Gasteiger partial charge in [0, 0.05) is 31.0 Å². The lowest BCUT2D eigenvalue weighted by Gasteiger charge is -2.20. The Kier molecular flexibility index (Phi) is 6.26. The van der Waals surface area contributed by atoms with Gasteiger partial charge in [0.1, 0.15) is 5.82 Å². The van der Waals surface area contributed by atoms with Crippen LogP contribution in [0.5, 0.6) is 0 Å². The van der Waals surface area contributed by atoms with Crippen molar-refractivity contribution in [3.63, 3.8) is 0 Å². The average Bonchev–Trinajstić information content (AvgIpc) is 3.50. The fourth-order valence-electron chi connectivity index (χ4n) is 4.40. The largest absolute Gasteiger partial charge is 0.423 e. The fraction of sp³-hybridized carbons (Fsp3) is 0.231. The predicted molar refractivity (Wildman–Crippen MR) is 138 cm³/mol. The number of hydrogen-bond acceptors (Lipinski definition) is 8. The molecule has 0 amide bonds. The van der Waals surface area contributed by atoms with Gasteiger partial charge >= 0.3 is 0 Å². The van der Waals surface area contributed by atoms with Gasteiger partial charge in [-0.05, 0) is 37.6 Å². The third-order valence-electron chi connectivity index (χ3n) is 6.06. The zero-order valence-corrected chi connectivity index (χ0v) is 20.2. The summed E-state index contributed by atoms with van der Waals surface area (Å²) in [5.41, 5.74) is 3.80. The summed E-state index contributed by atoms with van der Waals surface area (Å²) in [4.78, 5) is 17.2. The van der Waals surface area contributed by atoms with Gasteiger partial charge in [-0.25, -0.2) is 4.98 Å². The van der Waals surface area contributed by atoms with Crippen LogP contribution in [-0.4, -0.2) is 36.3 Å².